The standard InChI is InChI=1S/C17H21ClN2O5/c1-17(2,3)25-16(24)19-7-8-20(13(10-19)15(22)23)14(21)11-5-4-6-12(18)9-11/h4-6,9,13H,7-8,10H2,1-3H3,(H,22,23)/t13-/m0/s1. The van der Waals surface area contributed by atoms with Gasteiger partial charge in [-0.3, -0.25) is 4.79 Å². The predicted octanol–water partition coefficient (Wildman–Crippen LogP) is 2.49. The monoisotopic (exact) mass is 368 g/mol. The molecule has 2 rings (SSSR count). The number of benzene rings is 1. The summed E-state index contributed by atoms with van der Waals surface area (Å²) < 4.78 is 5.27. The summed E-state index contributed by atoms with van der Waals surface area (Å²) in [6.45, 7) is 5.37. The summed E-state index contributed by atoms with van der Waals surface area (Å²) in [6.07, 6.45) is -0.589. The molecule has 1 heterocycles. The first-order chi connectivity index (χ1) is 11.6. The zero-order valence-electron chi connectivity index (χ0n) is 14.4. The molecule has 1 aromatic carbocycles. The van der Waals surface area contributed by atoms with Crippen LogP contribution in [0.3, 0.4) is 0 Å². The van der Waals surface area contributed by atoms with Gasteiger partial charge in [-0.2, -0.15) is 0 Å². The van der Waals surface area contributed by atoms with Gasteiger partial charge in [0.15, 0.2) is 0 Å². The highest BCUT2D eigenvalue weighted by atomic mass is 35.5. The summed E-state index contributed by atoms with van der Waals surface area (Å²) in [5, 5.41) is 9.89. The minimum atomic E-state index is -1.18. The zero-order valence-corrected chi connectivity index (χ0v) is 15.1. The summed E-state index contributed by atoms with van der Waals surface area (Å²) >= 11 is 5.90. The molecule has 0 spiro atoms. The van der Waals surface area contributed by atoms with Gasteiger partial charge in [-0.25, -0.2) is 9.59 Å². The van der Waals surface area contributed by atoms with Gasteiger partial charge >= 0.3 is 12.1 Å². The second-order valence-electron chi connectivity index (χ2n) is 6.79. The number of rotatable bonds is 2. The number of carboxylic acids is 1. The SMILES string of the molecule is CC(C)(C)OC(=O)N1CCN(C(=O)c2cccc(Cl)c2)[C@H](C(=O)O)C1. The van der Waals surface area contributed by atoms with E-state index in [4.69, 9.17) is 16.3 Å². The lowest BCUT2D eigenvalue weighted by Crippen LogP contribution is -2.59. The fourth-order valence-corrected chi connectivity index (χ4v) is 2.71. The predicted molar refractivity (Wildman–Crippen MR) is 91.7 cm³/mol. The number of amides is 2. The Hall–Kier alpha value is -2.28. The largest absolute Gasteiger partial charge is 0.480 e. The molecule has 1 aliphatic heterocycles. The highest BCUT2D eigenvalue weighted by Gasteiger charge is 2.38. The van der Waals surface area contributed by atoms with Crippen molar-refractivity contribution in [3.8, 4) is 0 Å². The Labute approximate surface area is 151 Å². The van der Waals surface area contributed by atoms with Crippen molar-refractivity contribution >= 4 is 29.6 Å². The highest BCUT2D eigenvalue weighted by Crippen LogP contribution is 2.19. The lowest BCUT2D eigenvalue weighted by Gasteiger charge is -2.39. The molecule has 0 aromatic heterocycles. The van der Waals surface area contributed by atoms with Gasteiger partial charge in [-0.1, -0.05) is 17.7 Å². The van der Waals surface area contributed by atoms with E-state index in [1.807, 2.05) is 0 Å². The van der Waals surface area contributed by atoms with Gasteiger partial charge in [0.25, 0.3) is 5.91 Å². The van der Waals surface area contributed by atoms with Crippen LogP contribution in [0.1, 0.15) is 31.1 Å². The Bertz CT molecular complexity index is 686. The maximum absolute atomic E-state index is 12.6. The molecule has 1 N–H and O–H groups in total. The second kappa shape index (κ2) is 7.31. The molecule has 1 aromatic rings. The molecule has 136 valence electrons. The number of carbonyl (C=O) groups excluding carboxylic acids is 2. The Morgan fingerprint density at radius 2 is 1.92 bits per heavy atom. The Morgan fingerprint density at radius 1 is 1.24 bits per heavy atom. The molecule has 25 heavy (non-hydrogen) atoms. The van der Waals surface area contributed by atoms with E-state index in [9.17, 15) is 19.5 Å². The fourth-order valence-electron chi connectivity index (χ4n) is 2.52. The van der Waals surface area contributed by atoms with Gasteiger partial charge in [0.1, 0.15) is 11.6 Å². The topological polar surface area (TPSA) is 87.2 Å². The third-order valence-electron chi connectivity index (χ3n) is 3.65. The van der Waals surface area contributed by atoms with Crippen LogP contribution in [-0.4, -0.2) is 64.2 Å². The smallest absolute Gasteiger partial charge is 0.410 e. The Kier molecular flexibility index (Phi) is 5.57. The van der Waals surface area contributed by atoms with Crippen molar-refractivity contribution in [2.75, 3.05) is 19.6 Å². The average molecular weight is 369 g/mol. The van der Waals surface area contributed by atoms with E-state index in [1.54, 1.807) is 39.0 Å². The number of nitrogens with zero attached hydrogens (tertiary/aromatic N) is 2. The van der Waals surface area contributed by atoms with Gasteiger partial charge in [0, 0.05) is 23.7 Å². The van der Waals surface area contributed by atoms with Crippen LogP contribution in [0.5, 0.6) is 0 Å². The maximum atomic E-state index is 12.6. The lowest BCUT2D eigenvalue weighted by atomic mass is 10.1. The number of carbonyl (C=O) groups is 3. The molecule has 0 saturated carbocycles. The van der Waals surface area contributed by atoms with Gasteiger partial charge in [0.2, 0.25) is 0 Å². The molecule has 1 fully saturated rings. The summed E-state index contributed by atoms with van der Waals surface area (Å²) in [5.74, 6) is -1.61. The number of aliphatic carboxylic acids is 1. The molecule has 0 bridgehead atoms. The van der Waals surface area contributed by atoms with Crippen molar-refractivity contribution in [2.45, 2.75) is 32.4 Å². The molecule has 7 nitrogen and oxygen atoms in total. The molecule has 1 saturated heterocycles. The van der Waals surface area contributed by atoms with E-state index in [0.717, 1.165) is 0 Å². The van der Waals surface area contributed by atoms with Crippen molar-refractivity contribution < 1.29 is 24.2 Å². The normalized spacial score (nSPS) is 18.0. The van der Waals surface area contributed by atoms with E-state index in [0.29, 0.717) is 10.6 Å². The van der Waals surface area contributed by atoms with Crippen LogP contribution in [0.4, 0.5) is 4.79 Å². The molecule has 2 amide bonds. The zero-order chi connectivity index (χ0) is 18.8. The molecule has 0 aliphatic carbocycles. The van der Waals surface area contributed by atoms with E-state index in [2.05, 4.69) is 0 Å². The van der Waals surface area contributed by atoms with Crippen LogP contribution in [-0.2, 0) is 9.53 Å². The quantitative estimate of drug-likeness (QED) is 0.866. The summed E-state index contributed by atoms with van der Waals surface area (Å²) in [4.78, 5) is 39.0. The molecule has 1 atom stereocenters. The number of ether oxygens (including phenoxy) is 1. The van der Waals surface area contributed by atoms with Crippen LogP contribution in [0.25, 0.3) is 0 Å². The second-order valence-corrected chi connectivity index (χ2v) is 7.23. The van der Waals surface area contributed by atoms with Gasteiger partial charge < -0.3 is 19.6 Å². The Balaban J connectivity index is 2.16. The first-order valence-corrected chi connectivity index (χ1v) is 8.23. The molecular formula is C17H21ClN2O5. The maximum Gasteiger partial charge on any atom is 0.410 e. The molecular weight excluding hydrogens is 348 g/mol. The number of hydrogen-bond donors (Lipinski definition) is 1. The van der Waals surface area contributed by atoms with E-state index in [-0.39, 0.29) is 19.6 Å². The first-order valence-electron chi connectivity index (χ1n) is 7.86. The van der Waals surface area contributed by atoms with Crippen molar-refractivity contribution in [1.29, 1.82) is 0 Å². The minimum absolute atomic E-state index is 0.0988. The first kappa shape index (κ1) is 19.1. The molecule has 0 unspecified atom stereocenters. The Morgan fingerprint density at radius 3 is 2.48 bits per heavy atom. The third-order valence-corrected chi connectivity index (χ3v) is 3.88. The van der Waals surface area contributed by atoms with Crippen molar-refractivity contribution in [2.24, 2.45) is 0 Å². The van der Waals surface area contributed by atoms with Crippen LogP contribution in [0.2, 0.25) is 5.02 Å². The van der Waals surface area contributed by atoms with Gasteiger partial charge in [-0.05, 0) is 39.0 Å². The van der Waals surface area contributed by atoms with Crippen molar-refractivity contribution in [3.05, 3.63) is 34.9 Å². The van der Waals surface area contributed by atoms with Gasteiger partial charge in [0.05, 0.1) is 6.54 Å². The summed E-state index contributed by atoms with van der Waals surface area (Å²) in [6, 6.07) is 5.18. The minimum Gasteiger partial charge on any atom is -0.480 e. The van der Waals surface area contributed by atoms with Crippen molar-refractivity contribution in [1.82, 2.24) is 9.80 Å². The van der Waals surface area contributed by atoms with E-state index < -0.39 is 29.6 Å². The van der Waals surface area contributed by atoms with Crippen molar-refractivity contribution in [3.63, 3.8) is 0 Å². The third kappa shape index (κ3) is 4.85. The molecule has 8 heteroatoms. The van der Waals surface area contributed by atoms with E-state index >= 15 is 0 Å². The number of piperazine rings is 1. The van der Waals surface area contributed by atoms with Crippen LogP contribution >= 0.6 is 11.6 Å². The van der Waals surface area contributed by atoms with E-state index in [1.165, 1.54) is 15.9 Å². The highest BCUT2D eigenvalue weighted by molar-refractivity contribution is 6.31. The molecule has 1 aliphatic rings. The molecule has 0 radical (unpaired) electrons. The van der Waals surface area contributed by atoms with Crippen LogP contribution < -0.4 is 0 Å². The lowest BCUT2D eigenvalue weighted by molar-refractivity contribution is -0.144. The van der Waals surface area contributed by atoms with Crippen LogP contribution in [0, 0.1) is 0 Å². The average Bonchev–Trinajstić information content (AvgIpc) is 2.52. The number of carboxylic acid groups (broad SMARTS) is 1. The fraction of sp³-hybridized carbons (Fsp3) is 0.471. The van der Waals surface area contributed by atoms with Gasteiger partial charge in [-0.15, -0.1) is 0 Å². The summed E-state index contributed by atoms with van der Waals surface area (Å²) in [7, 11) is 0. The number of halogens is 1. The summed E-state index contributed by atoms with van der Waals surface area (Å²) in [5.41, 5.74) is -0.367. The van der Waals surface area contributed by atoms with Crippen LogP contribution in [0.15, 0.2) is 24.3 Å². The number of hydrogen-bond acceptors (Lipinski definition) is 4.